The van der Waals surface area contributed by atoms with Gasteiger partial charge >= 0.3 is 0 Å². The molecule has 8 nitrogen and oxygen atoms in total. The zero-order chi connectivity index (χ0) is 16.6. The van der Waals surface area contributed by atoms with Crippen LogP contribution >= 0.6 is 0 Å². The molecule has 4 heterocycles. The molecule has 1 spiro atoms. The first-order valence-corrected chi connectivity index (χ1v) is 7.91. The Morgan fingerprint density at radius 2 is 2.25 bits per heavy atom. The molecule has 1 atom stereocenters. The number of nitrogens with zero attached hydrogens (tertiary/aromatic N) is 4. The van der Waals surface area contributed by atoms with E-state index in [1.807, 2.05) is 0 Å². The maximum atomic E-state index is 12.4. The van der Waals surface area contributed by atoms with E-state index in [1.54, 1.807) is 30.4 Å². The summed E-state index contributed by atoms with van der Waals surface area (Å²) in [7, 11) is 0. The molecule has 0 bridgehead atoms. The van der Waals surface area contributed by atoms with Crippen LogP contribution in [0.5, 0.6) is 5.88 Å². The number of likely N-dealkylation sites (tertiary alicyclic amines) is 1. The number of aryl methyl sites for hydroxylation is 1. The second kappa shape index (κ2) is 5.86. The highest BCUT2D eigenvalue weighted by Crippen LogP contribution is 2.36. The predicted octanol–water partition coefficient (Wildman–Crippen LogP) is 1.23. The summed E-state index contributed by atoms with van der Waals surface area (Å²) in [6.45, 7) is 3.43. The molecule has 2 fully saturated rings. The van der Waals surface area contributed by atoms with Gasteiger partial charge in [-0.3, -0.25) is 9.78 Å². The number of oxazole rings is 1. The van der Waals surface area contributed by atoms with Crippen LogP contribution in [-0.4, -0.2) is 57.2 Å². The van der Waals surface area contributed by atoms with Gasteiger partial charge in [-0.15, -0.1) is 0 Å². The summed E-state index contributed by atoms with van der Waals surface area (Å²) in [5, 5.41) is 0. The van der Waals surface area contributed by atoms with Crippen molar-refractivity contribution in [1.29, 1.82) is 0 Å². The van der Waals surface area contributed by atoms with Gasteiger partial charge in [0.05, 0.1) is 31.6 Å². The van der Waals surface area contributed by atoms with Crippen LogP contribution < -0.4 is 4.74 Å². The average molecular weight is 330 g/mol. The first kappa shape index (κ1) is 15.1. The molecule has 126 valence electrons. The quantitative estimate of drug-likeness (QED) is 0.836. The van der Waals surface area contributed by atoms with Gasteiger partial charge in [0.1, 0.15) is 11.7 Å². The Labute approximate surface area is 138 Å². The molecule has 1 amide bonds. The molecule has 2 aliphatic rings. The molecule has 8 heteroatoms. The van der Waals surface area contributed by atoms with Gasteiger partial charge in [0.2, 0.25) is 11.6 Å². The van der Waals surface area contributed by atoms with E-state index in [9.17, 15) is 4.79 Å². The molecule has 0 saturated carbocycles. The van der Waals surface area contributed by atoms with Crippen molar-refractivity contribution in [2.45, 2.75) is 31.5 Å². The van der Waals surface area contributed by atoms with Crippen LogP contribution in [0.4, 0.5) is 0 Å². The van der Waals surface area contributed by atoms with Gasteiger partial charge in [-0.1, -0.05) is 0 Å². The Kier molecular flexibility index (Phi) is 3.68. The Morgan fingerprint density at radius 1 is 1.38 bits per heavy atom. The molecular weight excluding hydrogens is 312 g/mol. The third-order valence-corrected chi connectivity index (χ3v) is 4.46. The molecule has 2 saturated heterocycles. The fourth-order valence-corrected chi connectivity index (χ4v) is 3.26. The average Bonchev–Trinajstić information content (AvgIpc) is 2.99. The molecule has 2 aromatic heterocycles. The first-order chi connectivity index (χ1) is 11.7. The molecule has 0 aromatic carbocycles. The van der Waals surface area contributed by atoms with Crippen molar-refractivity contribution in [2.75, 3.05) is 19.7 Å². The van der Waals surface area contributed by atoms with Crippen LogP contribution in [-0.2, 0) is 4.74 Å². The van der Waals surface area contributed by atoms with Gasteiger partial charge in [0.15, 0.2) is 6.39 Å². The number of amides is 1. The highest BCUT2D eigenvalue weighted by atomic mass is 16.5. The minimum absolute atomic E-state index is 0.0136. The lowest BCUT2D eigenvalue weighted by molar-refractivity contribution is -0.174. The van der Waals surface area contributed by atoms with Gasteiger partial charge in [0.25, 0.3) is 5.91 Å². The van der Waals surface area contributed by atoms with Gasteiger partial charge in [-0.05, 0) is 6.92 Å². The highest BCUT2D eigenvalue weighted by Gasteiger charge is 2.50. The molecular formula is C16H18N4O4. The van der Waals surface area contributed by atoms with Crippen LogP contribution in [0.3, 0.4) is 0 Å². The van der Waals surface area contributed by atoms with Crippen molar-refractivity contribution in [3.8, 4) is 5.88 Å². The fraction of sp³-hybridized carbons (Fsp3) is 0.500. The number of hydrogen-bond donors (Lipinski definition) is 0. The van der Waals surface area contributed by atoms with Gasteiger partial charge in [0, 0.05) is 25.2 Å². The van der Waals surface area contributed by atoms with Crippen molar-refractivity contribution in [3.05, 3.63) is 36.4 Å². The second-order valence-corrected chi connectivity index (χ2v) is 6.24. The maximum absolute atomic E-state index is 12.4. The van der Waals surface area contributed by atoms with Crippen LogP contribution in [0.2, 0.25) is 0 Å². The standard InChI is InChI=1S/C16H18N4O4/c1-11-14(22-10-19-11)15(21)20-8-16(9-20)6-12(2-5-23-16)24-13-7-17-3-4-18-13/h3-4,7,10,12H,2,5-6,8-9H2,1H3/t12-/m1/s1. The smallest absolute Gasteiger partial charge is 0.291 e. The molecule has 0 unspecified atom stereocenters. The Morgan fingerprint density at radius 3 is 2.96 bits per heavy atom. The minimum atomic E-state index is -0.339. The van der Waals surface area contributed by atoms with E-state index < -0.39 is 0 Å². The summed E-state index contributed by atoms with van der Waals surface area (Å²) in [6.07, 6.45) is 7.65. The lowest BCUT2D eigenvalue weighted by Gasteiger charge is -2.52. The monoisotopic (exact) mass is 330 g/mol. The maximum Gasteiger partial charge on any atom is 0.291 e. The van der Waals surface area contributed by atoms with E-state index in [4.69, 9.17) is 13.9 Å². The van der Waals surface area contributed by atoms with Crippen molar-refractivity contribution in [1.82, 2.24) is 19.9 Å². The van der Waals surface area contributed by atoms with Crippen molar-refractivity contribution < 1.29 is 18.7 Å². The summed E-state index contributed by atoms with van der Waals surface area (Å²) in [6, 6.07) is 0. The molecule has 0 N–H and O–H groups in total. The summed E-state index contributed by atoms with van der Waals surface area (Å²) >= 11 is 0. The zero-order valence-electron chi connectivity index (χ0n) is 13.3. The van der Waals surface area contributed by atoms with Crippen LogP contribution in [0.1, 0.15) is 29.1 Å². The highest BCUT2D eigenvalue weighted by molar-refractivity contribution is 5.93. The number of carbonyl (C=O) groups excluding carboxylic acids is 1. The van der Waals surface area contributed by atoms with E-state index in [2.05, 4.69) is 15.0 Å². The number of carbonyl (C=O) groups is 1. The van der Waals surface area contributed by atoms with E-state index >= 15 is 0 Å². The molecule has 2 aliphatic heterocycles. The van der Waals surface area contributed by atoms with E-state index in [0.29, 0.717) is 37.0 Å². The summed E-state index contributed by atoms with van der Waals surface area (Å²) in [4.78, 5) is 26.2. The summed E-state index contributed by atoms with van der Waals surface area (Å²) in [5.74, 6) is 0.674. The number of aromatic nitrogens is 3. The van der Waals surface area contributed by atoms with Crippen LogP contribution in [0, 0.1) is 6.92 Å². The Hall–Kier alpha value is -2.48. The minimum Gasteiger partial charge on any atom is -0.473 e. The molecule has 24 heavy (non-hydrogen) atoms. The van der Waals surface area contributed by atoms with Gasteiger partial charge in [-0.2, -0.15) is 0 Å². The van der Waals surface area contributed by atoms with Crippen molar-refractivity contribution in [3.63, 3.8) is 0 Å². The predicted molar refractivity (Wildman–Crippen MR) is 81.5 cm³/mol. The molecule has 0 radical (unpaired) electrons. The normalized spacial score (nSPS) is 22.2. The topological polar surface area (TPSA) is 90.6 Å². The Bertz CT molecular complexity index is 727. The second-order valence-electron chi connectivity index (χ2n) is 6.24. The third kappa shape index (κ3) is 2.73. The van der Waals surface area contributed by atoms with Crippen LogP contribution in [0.15, 0.2) is 29.4 Å². The van der Waals surface area contributed by atoms with Crippen molar-refractivity contribution in [2.24, 2.45) is 0 Å². The lowest BCUT2D eigenvalue weighted by Crippen LogP contribution is -2.67. The molecule has 0 aliphatic carbocycles. The van der Waals surface area contributed by atoms with Gasteiger partial charge < -0.3 is 18.8 Å². The lowest BCUT2D eigenvalue weighted by atomic mass is 9.84. The van der Waals surface area contributed by atoms with E-state index in [1.165, 1.54) is 6.39 Å². The fourth-order valence-electron chi connectivity index (χ4n) is 3.26. The van der Waals surface area contributed by atoms with Gasteiger partial charge in [-0.25, -0.2) is 9.97 Å². The van der Waals surface area contributed by atoms with E-state index in [-0.39, 0.29) is 17.6 Å². The number of hydrogen-bond acceptors (Lipinski definition) is 7. The molecule has 2 aromatic rings. The molecule has 4 rings (SSSR count). The Balaban J connectivity index is 1.37. The first-order valence-electron chi connectivity index (χ1n) is 7.91. The SMILES string of the molecule is Cc1ncoc1C(=O)N1CC2(C[C@H](Oc3cnccn3)CCO2)C1. The summed E-state index contributed by atoms with van der Waals surface area (Å²) < 4.78 is 17.0. The van der Waals surface area contributed by atoms with Crippen molar-refractivity contribution >= 4 is 5.91 Å². The largest absolute Gasteiger partial charge is 0.473 e. The number of rotatable bonds is 3. The summed E-state index contributed by atoms with van der Waals surface area (Å²) in [5.41, 5.74) is 0.267. The zero-order valence-corrected chi connectivity index (χ0v) is 13.3. The van der Waals surface area contributed by atoms with E-state index in [0.717, 1.165) is 12.8 Å². The number of ether oxygens (including phenoxy) is 2. The third-order valence-electron chi connectivity index (χ3n) is 4.46. The van der Waals surface area contributed by atoms with Crippen LogP contribution in [0.25, 0.3) is 0 Å².